The molecule has 2 N–H and O–H groups in total. The van der Waals surface area contributed by atoms with E-state index in [1.807, 2.05) is 30.3 Å². The highest BCUT2D eigenvalue weighted by atomic mass is 32.2. The Balaban J connectivity index is 1.50. The van der Waals surface area contributed by atoms with E-state index in [-0.39, 0.29) is 23.3 Å². The summed E-state index contributed by atoms with van der Waals surface area (Å²) in [5.74, 6) is 0.0107. The molecule has 3 rings (SSSR count). The summed E-state index contributed by atoms with van der Waals surface area (Å²) in [6, 6.07) is 15.3. The number of nitrogens with one attached hydrogen (secondary N) is 2. The van der Waals surface area contributed by atoms with Gasteiger partial charge in [0.15, 0.2) is 0 Å². The Hall–Kier alpha value is -3.17. The number of nitrogens with zero attached hydrogens (tertiary/aromatic N) is 1. The Labute approximate surface area is 188 Å². The maximum Gasteiger partial charge on any atom is 0.411 e. The third-order valence-electron chi connectivity index (χ3n) is 5.28. The second-order valence-electron chi connectivity index (χ2n) is 7.51. The predicted molar refractivity (Wildman–Crippen MR) is 121 cm³/mol. The molecule has 9 heteroatoms. The van der Waals surface area contributed by atoms with E-state index < -0.39 is 16.1 Å². The number of piperidine rings is 1. The van der Waals surface area contributed by atoms with Crippen molar-refractivity contribution in [1.29, 1.82) is 0 Å². The highest BCUT2D eigenvalue weighted by Crippen LogP contribution is 2.24. The minimum Gasteiger partial charge on any atom is -0.444 e. The number of rotatable bonds is 8. The number of hydrogen-bond donors (Lipinski definition) is 2. The number of sulfonamides is 1. The Kier molecular flexibility index (Phi) is 8.02. The lowest BCUT2D eigenvalue weighted by atomic mass is 9.98. The van der Waals surface area contributed by atoms with Crippen LogP contribution in [-0.4, -0.2) is 44.4 Å². The van der Waals surface area contributed by atoms with Crippen LogP contribution in [0.15, 0.2) is 72.1 Å². The zero-order valence-corrected chi connectivity index (χ0v) is 18.5. The Morgan fingerprint density at radius 1 is 1.06 bits per heavy atom. The van der Waals surface area contributed by atoms with Gasteiger partial charge < -0.3 is 10.1 Å². The van der Waals surface area contributed by atoms with Gasteiger partial charge in [0.1, 0.15) is 6.61 Å². The van der Waals surface area contributed by atoms with E-state index >= 15 is 0 Å². The molecule has 0 spiro atoms. The highest BCUT2D eigenvalue weighted by Gasteiger charge is 2.29. The number of carbonyl (C=O) groups is 2. The van der Waals surface area contributed by atoms with Crippen LogP contribution in [0, 0.1) is 5.92 Å². The molecule has 0 unspecified atom stereocenters. The molecule has 1 aliphatic heterocycles. The molecule has 1 saturated heterocycles. The molecule has 2 aromatic carbocycles. The van der Waals surface area contributed by atoms with Crippen molar-refractivity contribution >= 4 is 27.7 Å². The molecule has 1 fully saturated rings. The van der Waals surface area contributed by atoms with Crippen LogP contribution >= 0.6 is 0 Å². The molecule has 0 saturated carbocycles. The fourth-order valence-corrected chi connectivity index (χ4v) is 4.88. The van der Waals surface area contributed by atoms with Gasteiger partial charge in [-0.3, -0.25) is 10.1 Å². The fourth-order valence-electron chi connectivity index (χ4n) is 3.41. The largest absolute Gasteiger partial charge is 0.444 e. The summed E-state index contributed by atoms with van der Waals surface area (Å²) in [6.45, 7) is 4.86. The van der Waals surface area contributed by atoms with Crippen LogP contribution in [0.2, 0.25) is 0 Å². The van der Waals surface area contributed by atoms with Gasteiger partial charge in [-0.1, -0.05) is 36.9 Å². The van der Waals surface area contributed by atoms with Gasteiger partial charge in [0.05, 0.1) is 4.90 Å². The van der Waals surface area contributed by atoms with Gasteiger partial charge in [-0.2, -0.15) is 4.31 Å². The summed E-state index contributed by atoms with van der Waals surface area (Å²) in [7, 11) is -3.63. The molecular formula is C23H27N3O5S. The van der Waals surface area contributed by atoms with E-state index in [0.29, 0.717) is 38.2 Å². The van der Waals surface area contributed by atoms with Crippen LogP contribution < -0.4 is 10.6 Å². The van der Waals surface area contributed by atoms with Crippen molar-refractivity contribution in [2.75, 3.05) is 25.0 Å². The predicted octanol–water partition coefficient (Wildman–Crippen LogP) is 3.14. The SMILES string of the molecule is C=CC(=O)NCC1CCN(S(=O)(=O)c2ccc(NC(=O)OCc3ccccc3)cc2)CC1. The van der Waals surface area contributed by atoms with E-state index in [1.165, 1.54) is 34.6 Å². The van der Waals surface area contributed by atoms with Crippen molar-refractivity contribution in [3.63, 3.8) is 0 Å². The normalized spacial score (nSPS) is 15.0. The standard InChI is InChI=1S/C23H27N3O5S/c1-2-22(27)24-16-18-12-14-26(15-13-18)32(29,30)21-10-8-20(9-11-21)25-23(28)31-17-19-6-4-3-5-7-19/h2-11,18H,1,12-17H2,(H,24,27)(H,25,28). The lowest BCUT2D eigenvalue weighted by molar-refractivity contribution is -0.116. The zero-order valence-electron chi connectivity index (χ0n) is 17.7. The van der Waals surface area contributed by atoms with Crippen molar-refractivity contribution in [1.82, 2.24) is 9.62 Å². The van der Waals surface area contributed by atoms with Gasteiger partial charge in [-0.25, -0.2) is 13.2 Å². The first kappa shape index (κ1) is 23.5. The summed E-state index contributed by atoms with van der Waals surface area (Å²) >= 11 is 0. The molecule has 1 aliphatic rings. The first-order valence-corrected chi connectivity index (χ1v) is 11.8. The van der Waals surface area contributed by atoms with Crippen LogP contribution in [0.3, 0.4) is 0 Å². The van der Waals surface area contributed by atoms with Crippen LogP contribution in [0.1, 0.15) is 18.4 Å². The molecule has 170 valence electrons. The van der Waals surface area contributed by atoms with Crippen molar-refractivity contribution in [2.45, 2.75) is 24.3 Å². The lowest BCUT2D eigenvalue weighted by Gasteiger charge is -2.31. The molecular weight excluding hydrogens is 430 g/mol. The third kappa shape index (κ3) is 6.41. The van der Waals surface area contributed by atoms with Crippen LogP contribution in [-0.2, 0) is 26.2 Å². The monoisotopic (exact) mass is 457 g/mol. The summed E-state index contributed by atoms with van der Waals surface area (Å²) in [5.41, 5.74) is 1.31. The quantitative estimate of drug-likeness (QED) is 0.593. The number of hydrogen-bond acceptors (Lipinski definition) is 5. The van der Waals surface area contributed by atoms with E-state index in [9.17, 15) is 18.0 Å². The number of amides is 2. The van der Waals surface area contributed by atoms with Gasteiger partial charge in [-0.05, 0) is 54.7 Å². The molecule has 1 heterocycles. The van der Waals surface area contributed by atoms with E-state index in [1.54, 1.807) is 0 Å². The van der Waals surface area contributed by atoms with Gasteiger partial charge in [0, 0.05) is 25.3 Å². The summed E-state index contributed by atoms with van der Waals surface area (Å²) in [6.07, 6.45) is 1.95. The maximum absolute atomic E-state index is 12.9. The smallest absolute Gasteiger partial charge is 0.411 e. The maximum atomic E-state index is 12.9. The van der Waals surface area contributed by atoms with Gasteiger partial charge in [-0.15, -0.1) is 0 Å². The lowest BCUT2D eigenvalue weighted by Crippen LogP contribution is -2.41. The van der Waals surface area contributed by atoms with Gasteiger partial charge >= 0.3 is 6.09 Å². The summed E-state index contributed by atoms with van der Waals surface area (Å²) < 4.78 is 32.5. The summed E-state index contributed by atoms with van der Waals surface area (Å²) in [5, 5.41) is 5.35. The van der Waals surface area contributed by atoms with Crippen molar-refractivity contribution < 1.29 is 22.7 Å². The molecule has 0 atom stereocenters. The number of anilines is 1. The average Bonchev–Trinajstić information content (AvgIpc) is 2.82. The van der Waals surface area contributed by atoms with Crippen molar-refractivity contribution in [3.8, 4) is 0 Å². The number of carbonyl (C=O) groups excluding carboxylic acids is 2. The molecule has 0 radical (unpaired) electrons. The van der Waals surface area contributed by atoms with Crippen LogP contribution in [0.4, 0.5) is 10.5 Å². The summed E-state index contributed by atoms with van der Waals surface area (Å²) in [4.78, 5) is 23.4. The zero-order chi connectivity index (χ0) is 23.0. The van der Waals surface area contributed by atoms with E-state index in [2.05, 4.69) is 17.2 Å². The molecule has 0 aliphatic carbocycles. The second kappa shape index (κ2) is 10.9. The first-order valence-electron chi connectivity index (χ1n) is 10.4. The van der Waals surface area contributed by atoms with Gasteiger partial charge in [0.2, 0.25) is 15.9 Å². The fraction of sp³-hybridized carbons (Fsp3) is 0.304. The third-order valence-corrected chi connectivity index (χ3v) is 7.19. The van der Waals surface area contributed by atoms with Crippen LogP contribution in [0.5, 0.6) is 0 Å². The molecule has 32 heavy (non-hydrogen) atoms. The number of ether oxygens (including phenoxy) is 1. The molecule has 2 aromatic rings. The van der Waals surface area contributed by atoms with Crippen LogP contribution in [0.25, 0.3) is 0 Å². The van der Waals surface area contributed by atoms with Gasteiger partial charge in [0.25, 0.3) is 0 Å². The topological polar surface area (TPSA) is 105 Å². The Morgan fingerprint density at radius 2 is 1.72 bits per heavy atom. The van der Waals surface area contributed by atoms with E-state index in [4.69, 9.17) is 4.74 Å². The Morgan fingerprint density at radius 3 is 2.34 bits per heavy atom. The average molecular weight is 458 g/mol. The minimum atomic E-state index is -3.63. The van der Waals surface area contributed by atoms with Crippen molar-refractivity contribution in [2.24, 2.45) is 5.92 Å². The highest BCUT2D eigenvalue weighted by molar-refractivity contribution is 7.89. The molecule has 0 bridgehead atoms. The van der Waals surface area contributed by atoms with Crippen molar-refractivity contribution in [3.05, 3.63) is 72.8 Å². The second-order valence-corrected chi connectivity index (χ2v) is 9.45. The van der Waals surface area contributed by atoms with E-state index in [0.717, 1.165) is 5.56 Å². The minimum absolute atomic E-state index is 0.145. The first-order chi connectivity index (χ1) is 15.4. The molecule has 8 nitrogen and oxygen atoms in total. The number of benzene rings is 2. The molecule has 0 aromatic heterocycles. The molecule has 2 amide bonds. The Bertz CT molecular complexity index is 1030.